The van der Waals surface area contributed by atoms with E-state index in [1.165, 1.54) is 18.0 Å². The average molecular weight is 203 g/mol. The molecule has 0 atom stereocenters. The molecule has 1 aromatic rings. The van der Waals surface area contributed by atoms with Gasteiger partial charge in [-0.3, -0.25) is 0 Å². The van der Waals surface area contributed by atoms with Gasteiger partial charge in [0.15, 0.2) is 0 Å². The van der Waals surface area contributed by atoms with Gasteiger partial charge in [-0.25, -0.2) is 0 Å². The van der Waals surface area contributed by atoms with Gasteiger partial charge in [0.2, 0.25) is 0 Å². The molecule has 1 rings (SSSR count). The van der Waals surface area contributed by atoms with Crippen LogP contribution in [0.5, 0.6) is 0 Å². The maximum atomic E-state index is 5.24. The Morgan fingerprint density at radius 2 is 1.86 bits per heavy atom. The van der Waals surface area contributed by atoms with Crippen molar-refractivity contribution < 1.29 is 0 Å². The van der Waals surface area contributed by atoms with Crippen LogP contribution >= 0.6 is 11.8 Å². The van der Waals surface area contributed by atoms with Gasteiger partial charge >= 0.3 is 0 Å². The SMILES string of the molecule is C=C(S/C=C\N)C(=C)c1ccccc1. The van der Waals surface area contributed by atoms with Gasteiger partial charge in [-0.15, -0.1) is 0 Å². The molecule has 0 radical (unpaired) electrons. The second kappa shape index (κ2) is 5.35. The fourth-order valence-electron chi connectivity index (χ4n) is 0.993. The van der Waals surface area contributed by atoms with Crippen LogP contribution in [0, 0.1) is 0 Å². The Kier molecular flexibility index (Phi) is 4.08. The van der Waals surface area contributed by atoms with E-state index in [4.69, 9.17) is 5.73 Å². The molecule has 0 bridgehead atoms. The minimum Gasteiger partial charge on any atom is -0.404 e. The molecule has 0 fully saturated rings. The minimum atomic E-state index is 0.915. The van der Waals surface area contributed by atoms with Gasteiger partial charge in [0.25, 0.3) is 0 Å². The van der Waals surface area contributed by atoms with E-state index in [-0.39, 0.29) is 0 Å². The highest BCUT2D eigenvalue weighted by atomic mass is 32.2. The quantitative estimate of drug-likeness (QED) is 0.759. The monoisotopic (exact) mass is 203 g/mol. The van der Waals surface area contributed by atoms with Gasteiger partial charge in [-0.05, 0) is 16.5 Å². The van der Waals surface area contributed by atoms with Gasteiger partial charge in [0, 0.05) is 11.1 Å². The largest absolute Gasteiger partial charge is 0.404 e. The molecule has 0 unspecified atom stereocenters. The molecule has 0 aromatic heterocycles. The molecule has 0 aliphatic carbocycles. The Morgan fingerprint density at radius 3 is 2.43 bits per heavy atom. The zero-order valence-electron chi connectivity index (χ0n) is 7.94. The van der Waals surface area contributed by atoms with Crippen molar-refractivity contribution >= 4 is 17.3 Å². The lowest BCUT2D eigenvalue weighted by molar-refractivity contribution is 1.62. The number of hydrogen-bond acceptors (Lipinski definition) is 2. The van der Waals surface area contributed by atoms with E-state index in [0.29, 0.717) is 0 Å². The van der Waals surface area contributed by atoms with Crippen LogP contribution in [-0.4, -0.2) is 0 Å². The molecule has 1 nitrogen and oxygen atoms in total. The van der Waals surface area contributed by atoms with Crippen LogP contribution in [-0.2, 0) is 0 Å². The van der Waals surface area contributed by atoms with Crippen molar-refractivity contribution in [2.24, 2.45) is 5.73 Å². The van der Waals surface area contributed by atoms with Crippen LogP contribution in [0.3, 0.4) is 0 Å². The second-order valence-electron chi connectivity index (χ2n) is 2.71. The molecule has 72 valence electrons. The van der Waals surface area contributed by atoms with Crippen molar-refractivity contribution in [3.63, 3.8) is 0 Å². The molecule has 0 spiro atoms. The lowest BCUT2D eigenvalue weighted by Crippen LogP contribution is -1.82. The summed E-state index contributed by atoms with van der Waals surface area (Å²) in [5.41, 5.74) is 7.28. The third kappa shape index (κ3) is 2.82. The summed E-state index contributed by atoms with van der Waals surface area (Å²) in [4.78, 5) is 0.915. The number of benzene rings is 1. The van der Waals surface area contributed by atoms with Crippen molar-refractivity contribution in [1.82, 2.24) is 0 Å². The lowest BCUT2D eigenvalue weighted by atomic mass is 10.1. The van der Waals surface area contributed by atoms with Crippen LogP contribution in [0.25, 0.3) is 5.57 Å². The molecule has 0 aliphatic heterocycles. The summed E-state index contributed by atoms with van der Waals surface area (Å²) in [7, 11) is 0. The molecule has 0 amide bonds. The van der Waals surface area contributed by atoms with E-state index in [2.05, 4.69) is 13.2 Å². The molecule has 2 heteroatoms. The number of nitrogens with two attached hydrogens (primary N) is 1. The van der Waals surface area contributed by atoms with Crippen molar-refractivity contribution in [1.29, 1.82) is 0 Å². The van der Waals surface area contributed by atoms with Crippen molar-refractivity contribution in [2.45, 2.75) is 0 Å². The first-order valence-electron chi connectivity index (χ1n) is 4.22. The zero-order valence-corrected chi connectivity index (χ0v) is 8.76. The number of rotatable bonds is 4. The fourth-order valence-corrected chi connectivity index (χ4v) is 1.50. The van der Waals surface area contributed by atoms with E-state index in [9.17, 15) is 0 Å². The van der Waals surface area contributed by atoms with Crippen molar-refractivity contribution in [2.75, 3.05) is 0 Å². The van der Waals surface area contributed by atoms with E-state index in [1.54, 1.807) is 5.41 Å². The maximum absolute atomic E-state index is 5.24. The number of thioether (sulfide) groups is 1. The predicted molar refractivity (Wildman–Crippen MR) is 65.5 cm³/mol. The summed E-state index contributed by atoms with van der Waals surface area (Å²) in [5.74, 6) is 0. The van der Waals surface area contributed by atoms with Gasteiger partial charge < -0.3 is 5.73 Å². The molecule has 14 heavy (non-hydrogen) atoms. The number of hydrogen-bond donors (Lipinski definition) is 1. The normalized spacial score (nSPS) is 10.3. The lowest BCUT2D eigenvalue weighted by Gasteiger charge is -2.06. The summed E-state index contributed by atoms with van der Waals surface area (Å²) in [6, 6.07) is 9.97. The highest BCUT2D eigenvalue weighted by Crippen LogP contribution is 2.28. The molecule has 1 aromatic carbocycles. The Morgan fingerprint density at radius 1 is 1.21 bits per heavy atom. The van der Waals surface area contributed by atoms with E-state index in [1.807, 2.05) is 30.3 Å². The van der Waals surface area contributed by atoms with Crippen molar-refractivity contribution in [3.05, 3.63) is 65.6 Å². The Bertz CT molecular complexity index is 352. The van der Waals surface area contributed by atoms with Crippen LogP contribution in [0.4, 0.5) is 0 Å². The predicted octanol–water partition coefficient (Wildman–Crippen LogP) is 3.38. The zero-order chi connectivity index (χ0) is 10.4. The summed E-state index contributed by atoms with van der Waals surface area (Å²) >= 11 is 1.48. The minimum absolute atomic E-state index is 0.915. The molecule has 0 heterocycles. The molecule has 2 N–H and O–H groups in total. The third-order valence-corrected chi connectivity index (χ3v) is 2.57. The summed E-state index contributed by atoms with van der Waals surface area (Å²) in [6.45, 7) is 7.91. The van der Waals surface area contributed by atoms with Gasteiger partial charge in [0.1, 0.15) is 0 Å². The molecular formula is C12H13NS. The molecule has 0 aliphatic rings. The van der Waals surface area contributed by atoms with Gasteiger partial charge in [-0.2, -0.15) is 0 Å². The van der Waals surface area contributed by atoms with Crippen LogP contribution in [0.2, 0.25) is 0 Å². The van der Waals surface area contributed by atoms with E-state index in [0.717, 1.165) is 16.0 Å². The third-order valence-electron chi connectivity index (χ3n) is 1.75. The first kappa shape index (κ1) is 10.7. The smallest absolute Gasteiger partial charge is 0.0117 e. The van der Waals surface area contributed by atoms with E-state index >= 15 is 0 Å². The summed E-state index contributed by atoms with van der Waals surface area (Å²) in [5, 5.41) is 1.79. The Labute approximate surface area is 89.0 Å². The molecule has 0 saturated heterocycles. The summed E-state index contributed by atoms with van der Waals surface area (Å²) in [6.07, 6.45) is 1.49. The topological polar surface area (TPSA) is 26.0 Å². The molecule has 0 saturated carbocycles. The number of allylic oxidation sites excluding steroid dienone is 1. The second-order valence-corrected chi connectivity index (χ2v) is 3.71. The van der Waals surface area contributed by atoms with Crippen LogP contribution < -0.4 is 5.73 Å². The van der Waals surface area contributed by atoms with E-state index < -0.39 is 0 Å². The highest BCUT2D eigenvalue weighted by molar-refractivity contribution is 8.06. The molecular weight excluding hydrogens is 190 g/mol. The first-order chi connectivity index (χ1) is 6.75. The highest BCUT2D eigenvalue weighted by Gasteiger charge is 2.01. The fraction of sp³-hybridized carbons (Fsp3) is 0. The standard InChI is InChI=1S/C12H13NS/c1-10(11(2)14-9-8-13)12-6-4-3-5-7-12/h3-9H,1-2,13H2/b9-8-. The van der Waals surface area contributed by atoms with Crippen LogP contribution in [0.1, 0.15) is 5.56 Å². The Hall–Kier alpha value is -1.41. The average Bonchev–Trinajstić information content (AvgIpc) is 2.26. The first-order valence-corrected chi connectivity index (χ1v) is 5.10. The van der Waals surface area contributed by atoms with Gasteiger partial charge in [0.05, 0.1) is 0 Å². The van der Waals surface area contributed by atoms with Crippen LogP contribution in [0.15, 0.2) is 60.0 Å². The van der Waals surface area contributed by atoms with Crippen molar-refractivity contribution in [3.8, 4) is 0 Å². The maximum Gasteiger partial charge on any atom is 0.0117 e. The Balaban J connectivity index is 2.71. The summed E-state index contributed by atoms with van der Waals surface area (Å²) < 4.78 is 0. The van der Waals surface area contributed by atoms with Gasteiger partial charge in [-0.1, -0.05) is 55.3 Å².